The standard InChI is InChI=1S/C8H15NO3/c1-6(10)7(9)4-2-3-5-8(11)12/h3,5-7,10H,2,4,9H2,1H3,(H,11,12)/b5-3-. The van der Waals surface area contributed by atoms with Crippen LogP contribution in [0.5, 0.6) is 0 Å². The van der Waals surface area contributed by atoms with Gasteiger partial charge in [0.15, 0.2) is 0 Å². The van der Waals surface area contributed by atoms with Gasteiger partial charge >= 0.3 is 5.97 Å². The summed E-state index contributed by atoms with van der Waals surface area (Å²) < 4.78 is 0. The van der Waals surface area contributed by atoms with Crippen molar-refractivity contribution in [3.8, 4) is 0 Å². The summed E-state index contributed by atoms with van der Waals surface area (Å²) >= 11 is 0. The van der Waals surface area contributed by atoms with Gasteiger partial charge in [0.1, 0.15) is 0 Å². The SMILES string of the molecule is CC(O)C(N)CC/C=C\C(=O)O. The third-order valence-corrected chi connectivity index (χ3v) is 1.55. The van der Waals surface area contributed by atoms with Gasteiger partial charge in [-0.25, -0.2) is 4.79 Å². The Balaban J connectivity index is 3.49. The molecule has 0 aliphatic heterocycles. The second-order valence-electron chi connectivity index (χ2n) is 2.72. The van der Waals surface area contributed by atoms with Crippen LogP contribution in [-0.4, -0.2) is 28.3 Å². The van der Waals surface area contributed by atoms with Crippen molar-refractivity contribution in [3.63, 3.8) is 0 Å². The van der Waals surface area contributed by atoms with E-state index in [9.17, 15) is 4.79 Å². The summed E-state index contributed by atoms with van der Waals surface area (Å²) in [4.78, 5) is 10.0. The Hall–Kier alpha value is -0.870. The lowest BCUT2D eigenvalue weighted by molar-refractivity contribution is -0.131. The maximum Gasteiger partial charge on any atom is 0.327 e. The van der Waals surface area contributed by atoms with Gasteiger partial charge in [0, 0.05) is 12.1 Å². The van der Waals surface area contributed by atoms with E-state index in [0.717, 1.165) is 6.08 Å². The Kier molecular flexibility index (Phi) is 5.32. The molecular formula is C8H15NO3. The minimum absolute atomic E-state index is 0.275. The molecule has 0 aliphatic rings. The van der Waals surface area contributed by atoms with Crippen LogP contribution in [-0.2, 0) is 4.79 Å². The summed E-state index contributed by atoms with van der Waals surface area (Å²) in [5.74, 6) is -0.958. The zero-order valence-corrected chi connectivity index (χ0v) is 7.10. The van der Waals surface area contributed by atoms with Gasteiger partial charge in [0.05, 0.1) is 6.10 Å². The van der Waals surface area contributed by atoms with Gasteiger partial charge in [0.2, 0.25) is 0 Å². The van der Waals surface area contributed by atoms with E-state index in [0.29, 0.717) is 12.8 Å². The van der Waals surface area contributed by atoms with Crippen molar-refractivity contribution < 1.29 is 15.0 Å². The highest BCUT2D eigenvalue weighted by Gasteiger charge is 2.06. The number of carboxylic acids is 1. The molecule has 12 heavy (non-hydrogen) atoms. The number of aliphatic hydroxyl groups is 1. The molecule has 0 aromatic heterocycles. The molecule has 0 saturated carbocycles. The molecule has 4 nitrogen and oxygen atoms in total. The largest absolute Gasteiger partial charge is 0.478 e. The second kappa shape index (κ2) is 5.74. The van der Waals surface area contributed by atoms with Crippen LogP contribution >= 0.6 is 0 Å². The number of carbonyl (C=O) groups is 1. The Bertz CT molecular complexity index is 166. The molecule has 4 N–H and O–H groups in total. The van der Waals surface area contributed by atoms with Gasteiger partial charge in [-0.05, 0) is 19.8 Å². The molecule has 2 unspecified atom stereocenters. The zero-order chi connectivity index (χ0) is 9.56. The molecule has 0 rings (SSSR count). The number of allylic oxidation sites excluding steroid dienone is 1. The number of rotatable bonds is 5. The Morgan fingerprint density at radius 3 is 2.67 bits per heavy atom. The zero-order valence-electron chi connectivity index (χ0n) is 7.10. The highest BCUT2D eigenvalue weighted by Crippen LogP contribution is 1.99. The maximum absolute atomic E-state index is 10.0. The fourth-order valence-corrected chi connectivity index (χ4v) is 0.714. The number of carboxylic acid groups (broad SMARTS) is 1. The fourth-order valence-electron chi connectivity index (χ4n) is 0.714. The van der Waals surface area contributed by atoms with E-state index in [1.807, 2.05) is 0 Å². The number of aliphatic carboxylic acids is 1. The molecule has 0 bridgehead atoms. The average Bonchev–Trinajstić information content (AvgIpc) is 1.97. The van der Waals surface area contributed by atoms with Gasteiger partial charge < -0.3 is 15.9 Å². The van der Waals surface area contributed by atoms with Crippen LogP contribution in [0, 0.1) is 0 Å². The molecule has 70 valence electrons. The first-order chi connectivity index (χ1) is 5.54. The molecular weight excluding hydrogens is 158 g/mol. The number of hydrogen-bond donors (Lipinski definition) is 3. The Morgan fingerprint density at radius 1 is 1.67 bits per heavy atom. The summed E-state index contributed by atoms with van der Waals surface area (Å²) in [5, 5.41) is 17.2. The smallest absolute Gasteiger partial charge is 0.327 e. The summed E-state index contributed by atoms with van der Waals surface area (Å²) in [6.07, 6.45) is 3.25. The molecule has 4 heteroatoms. The van der Waals surface area contributed by atoms with Crippen molar-refractivity contribution in [1.82, 2.24) is 0 Å². The first kappa shape index (κ1) is 11.1. The summed E-state index contributed by atoms with van der Waals surface area (Å²) in [5.41, 5.74) is 5.50. The van der Waals surface area contributed by atoms with Gasteiger partial charge in [-0.2, -0.15) is 0 Å². The molecule has 2 atom stereocenters. The Labute approximate surface area is 71.7 Å². The van der Waals surface area contributed by atoms with Crippen molar-refractivity contribution in [3.05, 3.63) is 12.2 Å². The third kappa shape index (κ3) is 5.88. The molecule has 0 radical (unpaired) electrons. The second-order valence-corrected chi connectivity index (χ2v) is 2.72. The van der Waals surface area contributed by atoms with Crippen LogP contribution in [0.25, 0.3) is 0 Å². The van der Waals surface area contributed by atoms with E-state index >= 15 is 0 Å². The molecule has 0 fully saturated rings. The van der Waals surface area contributed by atoms with E-state index in [-0.39, 0.29) is 6.04 Å². The van der Waals surface area contributed by atoms with E-state index in [1.165, 1.54) is 6.08 Å². The topological polar surface area (TPSA) is 83.5 Å². The van der Waals surface area contributed by atoms with Crippen LogP contribution < -0.4 is 5.73 Å². The monoisotopic (exact) mass is 173 g/mol. The number of aliphatic hydroxyl groups excluding tert-OH is 1. The van der Waals surface area contributed by atoms with Crippen LogP contribution in [0.4, 0.5) is 0 Å². The highest BCUT2D eigenvalue weighted by molar-refractivity contribution is 5.79. The molecule has 0 amide bonds. The van der Waals surface area contributed by atoms with E-state index in [4.69, 9.17) is 15.9 Å². The summed E-state index contributed by atoms with van der Waals surface area (Å²) in [6, 6.07) is -0.275. The molecule has 0 aliphatic carbocycles. The van der Waals surface area contributed by atoms with Crippen LogP contribution in [0.1, 0.15) is 19.8 Å². The molecule has 0 saturated heterocycles. The molecule has 0 spiro atoms. The Morgan fingerprint density at radius 2 is 2.25 bits per heavy atom. The van der Waals surface area contributed by atoms with Crippen molar-refractivity contribution in [2.75, 3.05) is 0 Å². The van der Waals surface area contributed by atoms with E-state index < -0.39 is 12.1 Å². The predicted octanol–water partition coefficient (Wildman–Crippen LogP) is 0.115. The van der Waals surface area contributed by atoms with Gasteiger partial charge in [-0.1, -0.05) is 6.08 Å². The van der Waals surface area contributed by atoms with Crippen molar-refractivity contribution in [2.45, 2.75) is 31.9 Å². The average molecular weight is 173 g/mol. The number of nitrogens with two attached hydrogens (primary N) is 1. The van der Waals surface area contributed by atoms with Crippen LogP contribution in [0.2, 0.25) is 0 Å². The first-order valence-electron chi connectivity index (χ1n) is 3.87. The van der Waals surface area contributed by atoms with Crippen molar-refractivity contribution >= 4 is 5.97 Å². The minimum atomic E-state index is -0.958. The van der Waals surface area contributed by atoms with E-state index in [1.54, 1.807) is 6.92 Å². The van der Waals surface area contributed by atoms with Gasteiger partial charge in [-0.3, -0.25) is 0 Å². The summed E-state index contributed by atoms with van der Waals surface area (Å²) in [6.45, 7) is 1.62. The minimum Gasteiger partial charge on any atom is -0.478 e. The molecule has 0 aromatic rings. The van der Waals surface area contributed by atoms with Crippen LogP contribution in [0.15, 0.2) is 12.2 Å². The predicted molar refractivity (Wildman–Crippen MR) is 45.7 cm³/mol. The molecule has 0 aromatic carbocycles. The maximum atomic E-state index is 10.0. The van der Waals surface area contributed by atoms with Crippen LogP contribution in [0.3, 0.4) is 0 Å². The van der Waals surface area contributed by atoms with Gasteiger partial charge in [-0.15, -0.1) is 0 Å². The van der Waals surface area contributed by atoms with Gasteiger partial charge in [0.25, 0.3) is 0 Å². The number of hydrogen-bond acceptors (Lipinski definition) is 3. The van der Waals surface area contributed by atoms with Crippen molar-refractivity contribution in [1.29, 1.82) is 0 Å². The summed E-state index contributed by atoms with van der Waals surface area (Å²) in [7, 11) is 0. The lowest BCUT2D eigenvalue weighted by atomic mass is 10.1. The fraction of sp³-hybridized carbons (Fsp3) is 0.625. The normalized spacial score (nSPS) is 16.2. The highest BCUT2D eigenvalue weighted by atomic mass is 16.4. The quantitative estimate of drug-likeness (QED) is 0.515. The molecule has 0 heterocycles. The first-order valence-corrected chi connectivity index (χ1v) is 3.87. The lowest BCUT2D eigenvalue weighted by Gasteiger charge is -2.12. The van der Waals surface area contributed by atoms with Crippen molar-refractivity contribution in [2.24, 2.45) is 5.73 Å². The lowest BCUT2D eigenvalue weighted by Crippen LogP contribution is -2.31. The van der Waals surface area contributed by atoms with E-state index in [2.05, 4.69) is 0 Å². The third-order valence-electron chi connectivity index (χ3n) is 1.55.